The molecule has 0 amide bonds. The molecule has 1 fully saturated rings. The molecule has 0 N–H and O–H groups in total. The fraction of sp³-hybridized carbons (Fsp3) is 0.545. The van der Waals surface area contributed by atoms with E-state index in [4.69, 9.17) is 4.74 Å². The first-order valence-corrected chi connectivity index (χ1v) is 4.92. The summed E-state index contributed by atoms with van der Waals surface area (Å²) in [6.45, 7) is 3.91. The highest BCUT2D eigenvalue weighted by atomic mass is 16.5. The highest BCUT2D eigenvalue weighted by Gasteiger charge is 2.18. The lowest BCUT2D eigenvalue weighted by Crippen LogP contribution is -2.01. The van der Waals surface area contributed by atoms with E-state index in [0.29, 0.717) is 5.92 Å². The highest BCUT2D eigenvalue weighted by molar-refractivity contribution is 5.19. The molecule has 2 heteroatoms. The quantitative estimate of drug-likeness (QED) is 0.690. The van der Waals surface area contributed by atoms with Gasteiger partial charge in [-0.2, -0.15) is 0 Å². The molecule has 13 heavy (non-hydrogen) atoms. The van der Waals surface area contributed by atoms with E-state index in [0.717, 1.165) is 26.1 Å². The summed E-state index contributed by atoms with van der Waals surface area (Å²) in [6, 6.07) is 4.29. The van der Waals surface area contributed by atoms with Crippen LogP contribution < -0.4 is 0 Å². The Morgan fingerprint density at radius 3 is 3.23 bits per heavy atom. The minimum atomic E-state index is 0.534. The van der Waals surface area contributed by atoms with Crippen LogP contribution in [-0.2, 0) is 11.2 Å². The lowest BCUT2D eigenvalue weighted by atomic mass is 10.0. The SMILES string of the molecule is CCc1ccnc(C2CCOC2)c1. The minimum absolute atomic E-state index is 0.534. The van der Waals surface area contributed by atoms with Gasteiger partial charge in [0.1, 0.15) is 0 Å². The molecule has 1 aliphatic heterocycles. The van der Waals surface area contributed by atoms with Crippen molar-refractivity contribution in [3.05, 3.63) is 29.6 Å². The average Bonchev–Trinajstić information content (AvgIpc) is 2.71. The van der Waals surface area contributed by atoms with E-state index in [-0.39, 0.29) is 0 Å². The summed E-state index contributed by atoms with van der Waals surface area (Å²) < 4.78 is 5.35. The third kappa shape index (κ3) is 1.89. The number of ether oxygens (including phenoxy) is 1. The second kappa shape index (κ2) is 3.88. The molecule has 0 aliphatic carbocycles. The van der Waals surface area contributed by atoms with E-state index in [1.54, 1.807) is 0 Å². The zero-order valence-corrected chi connectivity index (χ0v) is 7.99. The molecule has 2 nitrogen and oxygen atoms in total. The maximum atomic E-state index is 5.35. The molecule has 0 saturated carbocycles. The van der Waals surface area contributed by atoms with Crippen molar-refractivity contribution in [3.63, 3.8) is 0 Å². The molecule has 0 aromatic carbocycles. The van der Waals surface area contributed by atoms with Crippen LogP contribution in [0.25, 0.3) is 0 Å². The van der Waals surface area contributed by atoms with Crippen molar-refractivity contribution in [3.8, 4) is 0 Å². The molecular weight excluding hydrogens is 162 g/mol. The van der Waals surface area contributed by atoms with Crippen LogP contribution in [0.3, 0.4) is 0 Å². The van der Waals surface area contributed by atoms with Crippen LogP contribution in [0.4, 0.5) is 0 Å². The van der Waals surface area contributed by atoms with Crippen molar-refractivity contribution in [2.24, 2.45) is 0 Å². The van der Waals surface area contributed by atoms with Crippen LogP contribution in [0, 0.1) is 0 Å². The summed E-state index contributed by atoms with van der Waals surface area (Å²) >= 11 is 0. The second-order valence-electron chi connectivity index (χ2n) is 3.50. The van der Waals surface area contributed by atoms with Gasteiger partial charge in [-0.25, -0.2) is 0 Å². The maximum Gasteiger partial charge on any atom is 0.0550 e. The molecule has 0 radical (unpaired) electrons. The molecule has 1 aromatic rings. The van der Waals surface area contributed by atoms with Gasteiger partial charge in [0, 0.05) is 24.4 Å². The fourth-order valence-electron chi connectivity index (χ4n) is 1.71. The van der Waals surface area contributed by atoms with Gasteiger partial charge < -0.3 is 4.74 Å². The van der Waals surface area contributed by atoms with Crippen LogP contribution >= 0.6 is 0 Å². The van der Waals surface area contributed by atoms with Crippen LogP contribution in [0.1, 0.15) is 30.5 Å². The Balaban J connectivity index is 2.18. The Hall–Kier alpha value is -0.890. The number of hydrogen-bond donors (Lipinski definition) is 0. The molecule has 1 atom stereocenters. The van der Waals surface area contributed by atoms with E-state index < -0.39 is 0 Å². The number of pyridine rings is 1. The van der Waals surface area contributed by atoms with Crippen molar-refractivity contribution >= 4 is 0 Å². The third-order valence-electron chi connectivity index (χ3n) is 2.60. The van der Waals surface area contributed by atoms with Gasteiger partial charge in [-0.3, -0.25) is 4.98 Å². The first-order valence-electron chi connectivity index (χ1n) is 4.92. The van der Waals surface area contributed by atoms with E-state index in [2.05, 4.69) is 24.0 Å². The van der Waals surface area contributed by atoms with E-state index in [9.17, 15) is 0 Å². The summed E-state index contributed by atoms with van der Waals surface area (Å²) in [5, 5.41) is 0. The summed E-state index contributed by atoms with van der Waals surface area (Å²) in [7, 11) is 0. The standard InChI is InChI=1S/C11H15NO/c1-2-9-3-5-12-11(7-9)10-4-6-13-8-10/h3,5,7,10H,2,4,6,8H2,1H3. The Morgan fingerprint density at radius 1 is 1.62 bits per heavy atom. The van der Waals surface area contributed by atoms with Gasteiger partial charge in [0.25, 0.3) is 0 Å². The van der Waals surface area contributed by atoms with Gasteiger partial charge in [0.15, 0.2) is 0 Å². The minimum Gasteiger partial charge on any atom is -0.381 e. The van der Waals surface area contributed by atoms with Gasteiger partial charge >= 0.3 is 0 Å². The fourth-order valence-corrected chi connectivity index (χ4v) is 1.71. The van der Waals surface area contributed by atoms with Crippen LogP contribution in [-0.4, -0.2) is 18.2 Å². The third-order valence-corrected chi connectivity index (χ3v) is 2.60. The lowest BCUT2D eigenvalue weighted by Gasteiger charge is -2.07. The van der Waals surface area contributed by atoms with Crippen molar-refractivity contribution in [1.29, 1.82) is 0 Å². The topological polar surface area (TPSA) is 22.1 Å². The van der Waals surface area contributed by atoms with Crippen molar-refractivity contribution < 1.29 is 4.74 Å². The summed E-state index contributed by atoms with van der Waals surface area (Å²) in [4.78, 5) is 4.39. The smallest absolute Gasteiger partial charge is 0.0550 e. The maximum absolute atomic E-state index is 5.35. The molecule has 70 valence electrons. The average molecular weight is 177 g/mol. The number of hydrogen-bond acceptors (Lipinski definition) is 2. The largest absolute Gasteiger partial charge is 0.381 e. The van der Waals surface area contributed by atoms with E-state index in [1.165, 1.54) is 11.3 Å². The first-order chi connectivity index (χ1) is 6.40. The summed E-state index contributed by atoms with van der Waals surface area (Å²) in [6.07, 6.45) is 4.12. The van der Waals surface area contributed by atoms with Gasteiger partial charge in [-0.05, 0) is 30.5 Å². The van der Waals surface area contributed by atoms with Crippen molar-refractivity contribution in [2.75, 3.05) is 13.2 Å². The van der Waals surface area contributed by atoms with Gasteiger partial charge in [0.2, 0.25) is 0 Å². The zero-order valence-electron chi connectivity index (χ0n) is 7.99. The zero-order chi connectivity index (χ0) is 9.10. The van der Waals surface area contributed by atoms with Gasteiger partial charge in [-0.15, -0.1) is 0 Å². The van der Waals surface area contributed by atoms with E-state index >= 15 is 0 Å². The molecule has 2 heterocycles. The van der Waals surface area contributed by atoms with E-state index in [1.807, 2.05) is 6.20 Å². The molecular formula is C11H15NO. The highest BCUT2D eigenvalue weighted by Crippen LogP contribution is 2.23. The second-order valence-corrected chi connectivity index (χ2v) is 3.50. The van der Waals surface area contributed by atoms with Crippen LogP contribution in [0.5, 0.6) is 0 Å². The number of aryl methyl sites for hydroxylation is 1. The molecule has 1 aliphatic rings. The predicted molar refractivity (Wildman–Crippen MR) is 51.8 cm³/mol. The Kier molecular flexibility index (Phi) is 2.60. The molecule has 1 aromatic heterocycles. The summed E-state index contributed by atoms with van der Waals surface area (Å²) in [5.41, 5.74) is 2.58. The van der Waals surface area contributed by atoms with Crippen LogP contribution in [0.2, 0.25) is 0 Å². The normalized spacial score (nSPS) is 22.1. The summed E-state index contributed by atoms with van der Waals surface area (Å²) in [5.74, 6) is 0.534. The van der Waals surface area contributed by atoms with Gasteiger partial charge in [0.05, 0.1) is 6.61 Å². The molecule has 0 spiro atoms. The number of rotatable bonds is 2. The molecule has 1 unspecified atom stereocenters. The number of aromatic nitrogens is 1. The predicted octanol–water partition coefficient (Wildman–Crippen LogP) is 2.15. The first kappa shape index (κ1) is 8.70. The van der Waals surface area contributed by atoms with Crippen LogP contribution in [0.15, 0.2) is 18.3 Å². The Labute approximate surface area is 78.9 Å². The molecule has 0 bridgehead atoms. The molecule has 1 saturated heterocycles. The molecule has 2 rings (SSSR count). The lowest BCUT2D eigenvalue weighted by molar-refractivity contribution is 0.193. The van der Waals surface area contributed by atoms with Gasteiger partial charge in [-0.1, -0.05) is 6.92 Å². The Bertz CT molecular complexity index is 279. The van der Waals surface area contributed by atoms with Crippen molar-refractivity contribution in [1.82, 2.24) is 4.98 Å². The van der Waals surface area contributed by atoms with Crippen molar-refractivity contribution in [2.45, 2.75) is 25.7 Å². The Morgan fingerprint density at radius 2 is 2.54 bits per heavy atom. The number of nitrogens with zero attached hydrogens (tertiary/aromatic N) is 1. The monoisotopic (exact) mass is 177 g/mol.